The van der Waals surface area contributed by atoms with Crippen LogP contribution in [0.4, 0.5) is 0 Å². The van der Waals surface area contributed by atoms with E-state index in [1.165, 1.54) is 0 Å². The maximum absolute atomic E-state index is 5.92. The number of nitrogens with two attached hydrogens (primary N) is 1. The fraction of sp³-hybridized carbons (Fsp3) is 0.571. The van der Waals surface area contributed by atoms with Crippen LogP contribution in [-0.4, -0.2) is 18.8 Å². The van der Waals surface area contributed by atoms with Crippen LogP contribution in [0, 0.1) is 0 Å². The second-order valence-corrected chi connectivity index (χ2v) is 6.20. The first-order valence-corrected chi connectivity index (χ1v) is 6.90. The van der Waals surface area contributed by atoms with Gasteiger partial charge in [0.15, 0.2) is 0 Å². The SMILES string of the molecule is CC(N)c1cc(Br)ccc1OCCOC(C)(C)C. The van der Waals surface area contributed by atoms with Crippen molar-refractivity contribution in [3.8, 4) is 5.75 Å². The third-order valence-corrected chi connectivity index (χ3v) is 2.83. The van der Waals surface area contributed by atoms with Crippen LogP contribution in [0.15, 0.2) is 22.7 Å². The Hall–Kier alpha value is -0.580. The molecular weight excluding hydrogens is 294 g/mol. The highest BCUT2D eigenvalue weighted by Crippen LogP contribution is 2.27. The molecule has 4 heteroatoms. The minimum absolute atomic E-state index is 0.0546. The Kier molecular flexibility index (Phi) is 5.63. The minimum Gasteiger partial charge on any atom is -0.491 e. The number of halogens is 1. The van der Waals surface area contributed by atoms with Crippen LogP contribution in [0.25, 0.3) is 0 Å². The Morgan fingerprint density at radius 1 is 1.28 bits per heavy atom. The monoisotopic (exact) mass is 315 g/mol. The maximum atomic E-state index is 5.92. The zero-order valence-corrected chi connectivity index (χ0v) is 13.1. The van der Waals surface area contributed by atoms with Crippen LogP contribution in [0.1, 0.15) is 39.3 Å². The molecule has 0 radical (unpaired) electrons. The zero-order chi connectivity index (χ0) is 13.8. The van der Waals surface area contributed by atoms with Gasteiger partial charge in [-0.05, 0) is 45.9 Å². The van der Waals surface area contributed by atoms with Gasteiger partial charge in [-0.25, -0.2) is 0 Å². The van der Waals surface area contributed by atoms with Gasteiger partial charge in [0.25, 0.3) is 0 Å². The normalized spacial score (nSPS) is 13.4. The van der Waals surface area contributed by atoms with Crippen LogP contribution in [0.2, 0.25) is 0 Å². The molecule has 2 N–H and O–H groups in total. The van der Waals surface area contributed by atoms with Crippen molar-refractivity contribution in [2.45, 2.75) is 39.3 Å². The topological polar surface area (TPSA) is 44.5 Å². The van der Waals surface area contributed by atoms with Gasteiger partial charge in [-0.3, -0.25) is 0 Å². The van der Waals surface area contributed by atoms with Gasteiger partial charge in [0.05, 0.1) is 12.2 Å². The number of hydrogen-bond donors (Lipinski definition) is 1. The first kappa shape index (κ1) is 15.5. The summed E-state index contributed by atoms with van der Waals surface area (Å²) in [4.78, 5) is 0. The standard InChI is InChI=1S/C14H22BrNO2/c1-10(16)12-9-11(15)5-6-13(12)17-7-8-18-14(2,3)4/h5-6,9-10H,7-8,16H2,1-4H3. The summed E-state index contributed by atoms with van der Waals surface area (Å²) >= 11 is 3.44. The van der Waals surface area contributed by atoms with E-state index < -0.39 is 0 Å². The number of ether oxygens (including phenoxy) is 2. The molecule has 1 aromatic carbocycles. The summed E-state index contributed by atoms with van der Waals surface area (Å²) in [6.07, 6.45) is 0. The predicted octanol–water partition coefficient (Wildman–Crippen LogP) is 3.66. The van der Waals surface area contributed by atoms with Crippen molar-refractivity contribution >= 4 is 15.9 Å². The van der Waals surface area contributed by atoms with E-state index in [2.05, 4.69) is 15.9 Å². The number of rotatable bonds is 5. The highest BCUT2D eigenvalue weighted by atomic mass is 79.9. The number of benzene rings is 1. The minimum atomic E-state index is -0.132. The molecule has 3 nitrogen and oxygen atoms in total. The highest BCUT2D eigenvalue weighted by molar-refractivity contribution is 9.10. The lowest BCUT2D eigenvalue weighted by molar-refractivity contribution is -0.0164. The van der Waals surface area contributed by atoms with Crippen molar-refractivity contribution < 1.29 is 9.47 Å². The largest absolute Gasteiger partial charge is 0.491 e. The molecule has 0 heterocycles. The first-order chi connectivity index (χ1) is 8.29. The van der Waals surface area contributed by atoms with E-state index in [0.29, 0.717) is 13.2 Å². The molecule has 0 amide bonds. The highest BCUT2D eigenvalue weighted by Gasteiger charge is 2.11. The average Bonchev–Trinajstić information content (AvgIpc) is 2.24. The van der Waals surface area contributed by atoms with Crippen molar-refractivity contribution in [2.24, 2.45) is 5.73 Å². The van der Waals surface area contributed by atoms with Gasteiger partial charge in [-0.1, -0.05) is 15.9 Å². The fourth-order valence-electron chi connectivity index (χ4n) is 1.51. The van der Waals surface area contributed by atoms with Gasteiger partial charge in [0.1, 0.15) is 12.4 Å². The van der Waals surface area contributed by atoms with Crippen molar-refractivity contribution in [3.05, 3.63) is 28.2 Å². The van der Waals surface area contributed by atoms with Crippen LogP contribution in [0.5, 0.6) is 5.75 Å². The average molecular weight is 316 g/mol. The predicted molar refractivity (Wildman–Crippen MR) is 77.9 cm³/mol. The second kappa shape index (κ2) is 6.55. The molecule has 18 heavy (non-hydrogen) atoms. The maximum Gasteiger partial charge on any atom is 0.124 e. The molecule has 0 aliphatic rings. The van der Waals surface area contributed by atoms with Crippen LogP contribution < -0.4 is 10.5 Å². The molecule has 0 aromatic heterocycles. The lowest BCUT2D eigenvalue weighted by Crippen LogP contribution is -2.22. The van der Waals surface area contributed by atoms with Crippen molar-refractivity contribution in [1.29, 1.82) is 0 Å². The van der Waals surface area contributed by atoms with Crippen LogP contribution >= 0.6 is 15.9 Å². The van der Waals surface area contributed by atoms with E-state index in [-0.39, 0.29) is 11.6 Å². The molecule has 0 spiro atoms. The fourth-order valence-corrected chi connectivity index (χ4v) is 1.88. The van der Waals surface area contributed by atoms with E-state index in [0.717, 1.165) is 15.8 Å². The van der Waals surface area contributed by atoms with Crippen molar-refractivity contribution in [2.75, 3.05) is 13.2 Å². The summed E-state index contributed by atoms with van der Waals surface area (Å²) in [5.74, 6) is 0.825. The van der Waals surface area contributed by atoms with E-state index >= 15 is 0 Å². The molecule has 1 aromatic rings. The van der Waals surface area contributed by atoms with Crippen molar-refractivity contribution in [3.63, 3.8) is 0 Å². The molecule has 1 rings (SSSR count). The Morgan fingerprint density at radius 2 is 1.94 bits per heavy atom. The molecule has 1 unspecified atom stereocenters. The van der Waals surface area contributed by atoms with E-state index in [4.69, 9.17) is 15.2 Å². The summed E-state index contributed by atoms with van der Waals surface area (Å²) in [7, 11) is 0. The van der Waals surface area contributed by atoms with Gasteiger partial charge in [0.2, 0.25) is 0 Å². The Morgan fingerprint density at radius 3 is 2.50 bits per heavy atom. The van der Waals surface area contributed by atoms with Gasteiger partial charge < -0.3 is 15.2 Å². The lowest BCUT2D eigenvalue weighted by atomic mass is 10.1. The Bertz CT molecular complexity index is 386. The second-order valence-electron chi connectivity index (χ2n) is 5.28. The quantitative estimate of drug-likeness (QED) is 0.843. The molecule has 0 fully saturated rings. The summed E-state index contributed by atoms with van der Waals surface area (Å²) in [5.41, 5.74) is 6.79. The zero-order valence-electron chi connectivity index (χ0n) is 11.5. The molecule has 102 valence electrons. The summed E-state index contributed by atoms with van der Waals surface area (Å²) in [5, 5.41) is 0. The Balaban J connectivity index is 2.57. The van der Waals surface area contributed by atoms with Gasteiger partial charge in [0, 0.05) is 16.1 Å². The molecule has 1 atom stereocenters. The van der Waals surface area contributed by atoms with Crippen molar-refractivity contribution in [1.82, 2.24) is 0 Å². The van der Waals surface area contributed by atoms with Crippen LogP contribution in [0.3, 0.4) is 0 Å². The summed E-state index contributed by atoms with van der Waals surface area (Å²) < 4.78 is 12.3. The van der Waals surface area contributed by atoms with Gasteiger partial charge in [-0.2, -0.15) is 0 Å². The Labute approximate surface area is 118 Å². The number of hydrogen-bond acceptors (Lipinski definition) is 3. The summed E-state index contributed by atoms with van der Waals surface area (Å²) in [6, 6.07) is 5.82. The summed E-state index contributed by atoms with van der Waals surface area (Å²) in [6.45, 7) is 9.12. The third kappa shape index (κ3) is 5.38. The van der Waals surface area contributed by atoms with E-state index in [1.807, 2.05) is 45.9 Å². The molecular formula is C14H22BrNO2. The molecule has 0 bridgehead atoms. The van der Waals surface area contributed by atoms with E-state index in [9.17, 15) is 0 Å². The van der Waals surface area contributed by atoms with Gasteiger partial charge in [-0.15, -0.1) is 0 Å². The van der Waals surface area contributed by atoms with E-state index in [1.54, 1.807) is 0 Å². The first-order valence-electron chi connectivity index (χ1n) is 6.11. The molecule has 0 saturated heterocycles. The third-order valence-electron chi connectivity index (χ3n) is 2.34. The molecule has 0 saturated carbocycles. The smallest absolute Gasteiger partial charge is 0.124 e. The van der Waals surface area contributed by atoms with Crippen LogP contribution in [-0.2, 0) is 4.74 Å². The molecule has 0 aliphatic carbocycles. The van der Waals surface area contributed by atoms with Gasteiger partial charge >= 0.3 is 0 Å². The molecule has 0 aliphatic heterocycles. The lowest BCUT2D eigenvalue weighted by Gasteiger charge is -2.20.